The van der Waals surface area contributed by atoms with Crippen LogP contribution in [0.2, 0.25) is 5.02 Å². The van der Waals surface area contributed by atoms with Gasteiger partial charge < -0.3 is 9.67 Å². The molecule has 0 fully saturated rings. The van der Waals surface area contributed by atoms with Crippen LogP contribution in [0, 0.1) is 0 Å². The van der Waals surface area contributed by atoms with Crippen LogP contribution in [0.3, 0.4) is 0 Å². The fraction of sp³-hybridized carbons (Fsp3) is 0.250. The van der Waals surface area contributed by atoms with Gasteiger partial charge in [-0.05, 0) is 37.1 Å². The number of aryl methyl sites for hydroxylation is 2. The quantitative estimate of drug-likeness (QED) is 0.708. The molecule has 25 heavy (non-hydrogen) atoms. The number of nitrogens with zero attached hydrogens (tertiary/aromatic N) is 3. The average Bonchev–Trinajstić information content (AvgIpc) is 3.10. The van der Waals surface area contributed by atoms with Crippen molar-refractivity contribution in [3.8, 4) is 0 Å². The van der Waals surface area contributed by atoms with Crippen molar-refractivity contribution < 1.29 is 18.3 Å². The molecule has 1 aromatic carbocycles. The Hall–Kier alpha value is -2.32. The third kappa shape index (κ3) is 3.40. The summed E-state index contributed by atoms with van der Waals surface area (Å²) in [7, 11) is -2.21. The van der Waals surface area contributed by atoms with E-state index in [1.807, 2.05) is 0 Å². The lowest BCUT2D eigenvalue weighted by molar-refractivity contribution is -0.137. The number of carboxylic acids is 1. The van der Waals surface area contributed by atoms with E-state index in [1.165, 1.54) is 16.5 Å². The molecule has 7 nitrogen and oxygen atoms in total. The number of aromatic nitrogens is 3. The van der Waals surface area contributed by atoms with Crippen LogP contribution in [0.1, 0.15) is 18.5 Å². The molecule has 0 radical (unpaired) electrons. The van der Waals surface area contributed by atoms with Crippen molar-refractivity contribution in [3.05, 3.63) is 47.5 Å². The number of hydrogen-bond donors (Lipinski definition) is 1. The van der Waals surface area contributed by atoms with E-state index in [0.717, 1.165) is 0 Å². The second-order valence-corrected chi connectivity index (χ2v) is 7.90. The molecule has 132 valence electrons. The maximum absolute atomic E-state index is 13.1. The summed E-state index contributed by atoms with van der Waals surface area (Å²) in [4.78, 5) is 14.7. The number of rotatable bonds is 6. The van der Waals surface area contributed by atoms with Crippen molar-refractivity contribution in [1.29, 1.82) is 0 Å². The number of halogens is 1. The van der Waals surface area contributed by atoms with Crippen molar-refractivity contribution in [2.45, 2.75) is 24.3 Å². The minimum absolute atomic E-state index is 0.0358. The molecular weight excluding hydrogens is 366 g/mol. The normalized spacial score (nSPS) is 11.9. The standard InChI is InChI=1S/C16H16ClN3O4S/c1-19-9-15(18-10-19)25(23,24)20-13(3-2-4-16(21)22)8-11-7-12(17)5-6-14(11)20/h5-10H,2-4H2,1H3,(H,21,22). The molecule has 0 aliphatic heterocycles. The zero-order valence-corrected chi connectivity index (χ0v) is 15.0. The molecule has 2 aromatic heterocycles. The van der Waals surface area contributed by atoms with Crippen LogP contribution in [-0.4, -0.2) is 33.0 Å². The van der Waals surface area contributed by atoms with E-state index >= 15 is 0 Å². The van der Waals surface area contributed by atoms with Gasteiger partial charge in [-0.1, -0.05) is 11.6 Å². The minimum Gasteiger partial charge on any atom is -0.481 e. The van der Waals surface area contributed by atoms with Crippen LogP contribution in [0.25, 0.3) is 10.9 Å². The maximum Gasteiger partial charge on any atom is 0.303 e. The predicted molar refractivity (Wildman–Crippen MR) is 93.3 cm³/mol. The fourth-order valence-corrected chi connectivity index (χ4v) is 4.44. The molecule has 1 N–H and O–H groups in total. The number of benzene rings is 1. The van der Waals surface area contributed by atoms with E-state index in [4.69, 9.17) is 16.7 Å². The second-order valence-electron chi connectivity index (χ2n) is 5.73. The Morgan fingerprint density at radius 3 is 2.72 bits per heavy atom. The van der Waals surface area contributed by atoms with Gasteiger partial charge >= 0.3 is 5.97 Å². The second kappa shape index (κ2) is 6.53. The highest BCUT2D eigenvalue weighted by atomic mass is 35.5. The van der Waals surface area contributed by atoms with Crippen LogP contribution >= 0.6 is 11.6 Å². The van der Waals surface area contributed by atoms with Gasteiger partial charge in [0.05, 0.1) is 11.8 Å². The lowest BCUT2D eigenvalue weighted by Crippen LogP contribution is -2.16. The summed E-state index contributed by atoms with van der Waals surface area (Å²) >= 11 is 6.01. The SMILES string of the molecule is Cn1cnc(S(=O)(=O)n2c(CCCC(=O)O)cc3cc(Cl)ccc32)c1. The molecular formula is C16H16ClN3O4S. The Morgan fingerprint density at radius 1 is 1.32 bits per heavy atom. The highest BCUT2D eigenvalue weighted by Gasteiger charge is 2.25. The summed E-state index contributed by atoms with van der Waals surface area (Å²) in [6.45, 7) is 0. The molecule has 3 aromatic rings. The van der Waals surface area contributed by atoms with Gasteiger partial charge in [-0.25, -0.2) is 8.96 Å². The smallest absolute Gasteiger partial charge is 0.303 e. The molecule has 2 heterocycles. The maximum atomic E-state index is 13.1. The third-order valence-electron chi connectivity index (χ3n) is 3.80. The average molecular weight is 382 g/mol. The van der Waals surface area contributed by atoms with Crippen molar-refractivity contribution in [2.24, 2.45) is 7.05 Å². The molecule has 0 atom stereocenters. The van der Waals surface area contributed by atoms with Gasteiger partial charge in [-0.3, -0.25) is 4.79 Å². The monoisotopic (exact) mass is 381 g/mol. The van der Waals surface area contributed by atoms with E-state index in [9.17, 15) is 13.2 Å². The van der Waals surface area contributed by atoms with Gasteiger partial charge in [-0.2, -0.15) is 8.42 Å². The van der Waals surface area contributed by atoms with Crippen LogP contribution in [-0.2, 0) is 28.3 Å². The van der Waals surface area contributed by atoms with E-state index in [2.05, 4.69) is 4.98 Å². The van der Waals surface area contributed by atoms with Gasteiger partial charge in [-0.15, -0.1) is 0 Å². The van der Waals surface area contributed by atoms with Gasteiger partial charge in [0.15, 0.2) is 5.03 Å². The largest absolute Gasteiger partial charge is 0.481 e. The summed E-state index contributed by atoms with van der Waals surface area (Å²) in [5.41, 5.74) is 0.990. The number of imidazole rings is 1. The van der Waals surface area contributed by atoms with Gasteiger partial charge in [0.25, 0.3) is 10.0 Å². The number of aliphatic carboxylic acids is 1. The molecule has 9 heteroatoms. The molecule has 0 unspecified atom stereocenters. The topological polar surface area (TPSA) is 94.2 Å². The number of hydrogen-bond acceptors (Lipinski definition) is 4. The first-order chi connectivity index (χ1) is 11.8. The highest BCUT2D eigenvalue weighted by molar-refractivity contribution is 7.90. The third-order valence-corrected chi connectivity index (χ3v) is 5.69. The van der Waals surface area contributed by atoms with Crippen molar-refractivity contribution in [3.63, 3.8) is 0 Å². The van der Waals surface area contributed by atoms with E-state index in [-0.39, 0.29) is 11.4 Å². The summed E-state index contributed by atoms with van der Waals surface area (Å²) in [6.07, 6.45) is 3.45. The molecule has 0 saturated carbocycles. The van der Waals surface area contributed by atoms with E-state index < -0.39 is 16.0 Å². The number of carbonyl (C=O) groups is 1. The molecule has 3 rings (SSSR count). The Labute approximate surface area is 149 Å². The van der Waals surface area contributed by atoms with Crippen molar-refractivity contribution in [2.75, 3.05) is 0 Å². The van der Waals surface area contributed by atoms with Crippen LogP contribution in [0.15, 0.2) is 41.8 Å². The summed E-state index contributed by atoms with van der Waals surface area (Å²) in [5, 5.41) is 9.93. The zero-order valence-electron chi connectivity index (χ0n) is 13.4. The van der Waals surface area contributed by atoms with Gasteiger partial charge in [0.1, 0.15) is 0 Å². The lowest BCUT2D eigenvalue weighted by atomic mass is 10.2. The van der Waals surface area contributed by atoms with Crippen LogP contribution < -0.4 is 0 Å². The Balaban J connectivity index is 2.15. The first-order valence-electron chi connectivity index (χ1n) is 7.54. The molecule has 0 saturated heterocycles. The summed E-state index contributed by atoms with van der Waals surface area (Å²) in [6, 6.07) is 6.67. The van der Waals surface area contributed by atoms with E-state index in [1.54, 1.807) is 35.9 Å². The lowest BCUT2D eigenvalue weighted by Gasteiger charge is -2.10. The molecule has 0 aliphatic carbocycles. The molecule has 0 bridgehead atoms. The van der Waals surface area contributed by atoms with Crippen molar-refractivity contribution in [1.82, 2.24) is 13.5 Å². The fourth-order valence-electron chi connectivity index (χ4n) is 2.71. The Bertz CT molecular complexity index is 1050. The van der Waals surface area contributed by atoms with E-state index in [0.29, 0.717) is 34.5 Å². The van der Waals surface area contributed by atoms with Gasteiger partial charge in [0.2, 0.25) is 0 Å². The number of carboxylic acid groups (broad SMARTS) is 1. The van der Waals surface area contributed by atoms with Crippen LogP contribution in [0.4, 0.5) is 0 Å². The summed E-state index contributed by atoms with van der Waals surface area (Å²) in [5.74, 6) is -0.918. The Kier molecular flexibility index (Phi) is 4.57. The van der Waals surface area contributed by atoms with Crippen LogP contribution in [0.5, 0.6) is 0 Å². The first-order valence-corrected chi connectivity index (χ1v) is 9.36. The number of fused-ring (bicyclic) bond motifs is 1. The Morgan fingerprint density at radius 2 is 2.08 bits per heavy atom. The molecule has 0 aliphatic rings. The van der Waals surface area contributed by atoms with Crippen molar-refractivity contribution >= 4 is 38.5 Å². The van der Waals surface area contributed by atoms with Gasteiger partial charge in [0, 0.05) is 35.8 Å². The highest BCUT2D eigenvalue weighted by Crippen LogP contribution is 2.28. The molecule has 0 spiro atoms. The molecule has 0 amide bonds. The summed E-state index contributed by atoms with van der Waals surface area (Å²) < 4.78 is 28.9. The first kappa shape index (κ1) is 17.5. The predicted octanol–water partition coefficient (Wildman–Crippen LogP) is 2.67. The minimum atomic E-state index is -3.90. The zero-order chi connectivity index (χ0) is 18.2.